The molecule has 0 amide bonds. The van der Waals surface area contributed by atoms with Crippen LogP contribution in [-0.4, -0.2) is 13.2 Å². The zero-order valence-corrected chi connectivity index (χ0v) is 7.03. The first-order chi connectivity index (χ1) is 5.86. The highest BCUT2D eigenvalue weighted by atomic mass is 16.5. The molecule has 0 radical (unpaired) electrons. The Morgan fingerprint density at radius 2 is 2.08 bits per heavy atom. The molecule has 0 saturated heterocycles. The third-order valence-electron chi connectivity index (χ3n) is 1.69. The minimum absolute atomic E-state index is 0.326. The maximum Gasteiger partial charge on any atom is 0.147 e. The Balaban J connectivity index is 2.58. The van der Waals surface area contributed by atoms with E-state index >= 15 is 0 Å². The number of ether oxygens (including phenoxy) is 1. The topological polar surface area (TPSA) is 33.0 Å². The molecule has 1 aromatic rings. The van der Waals surface area contributed by atoms with E-state index in [4.69, 9.17) is 10.00 Å². The minimum Gasteiger partial charge on any atom is -0.366 e. The van der Waals surface area contributed by atoms with E-state index in [1.807, 2.05) is 30.3 Å². The quantitative estimate of drug-likeness (QED) is 0.676. The highest BCUT2D eigenvalue weighted by Gasteiger charge is 2.04. The van der Waals surface area contributed by atoms with Crippen LogP contribution in [0.4, 0.5) is 0 Å². The van der Waals surface area contributed by atoms with Crippen LogP contribution < -0.4 is 0 Å². The Morgan fingerprint density at radius 3 is 2.58 bits per heavy atom. The van der Waals surface area contributed by atoms with Crippen LogP contribution in [0.25, 0.3) is 0 Å². The molecule has 0 aliphatic carbocycles. The van der Waals surface area contributed by atoms with Gasteiger partial charge in [0, 0.05) is 13.5 Å². The second-order valence-electron chi connectivity index (χ2n) is 2.54. The average Bonchev–Trinajstić information content (AvgIpc) is 2.16. The molecular formula is C10H11NO. The molecule has 1 atom stereocenters. The predicted octanol–water partition coefficient (Wildman–Crippen LogP) is 1.77. The van der Waals surface area contributed by atoms with Gasteiger partial charge in [-0.05, 0) is 5.56 Å². The molecule has 0 aromatic heterocycles. The molecule has 0 aliphatic rings. The molecule has 12 heavy (non-hydrogen) atoms. The van der Waals surface area contributed by atoms with Gasteiger partial charge < -0.3 is 4.74 Å². The number of nitriles is 1. The van der Waals surface area contributed by atoms with E-state index in [0.717, 1.165) is 5.56 Å². The van der Waals surface area contributed by atoms with Crippen molar-refractivity contribution < 1.29 is 4.74 Å². The fourth-order valence-corrected chi connectivity index (χ4v) is 1.01. The fraction of sp³-hybridized carbons (Fsp3) is 0.300. The van der Waals surface area contributed by atoms with Crippen molar-refractivity contribution in [2.45, 2.75) is 12.5 Å². The second kappa shape index (κ2) is 4.53. The average molecular weight is 161 g/mol. The number of nitrogens with zero attached hydrogens (tertiary/aromatic N) is 1. The molecule has 0 aliphatic heterocycles. The van der Waals surface area contributed by atoms with Crippen molar-refractivity contribution in [2.75, 3.05) is 7.11 Å². The molecule has 0 N–H and O–H groups in total. The molecule has 2 nitrogen and oxygen atoms in total. The standard InChI is InChI=1S/C10H11NO/c1-12-10(8-11)7-9-5-3-2-4-6-9/h2-6,10H,7H2,1H3/t10-/m0/s1. The second-order valence-corrected chi connectivity index (χ2v) is 2.54. The first-order valence-corrected chi connectivity index (χ1v) is 3.83. The zero-order valence-electron chi connectivity index (χ0n) is 7.03. The summed E-state index contributed by atoms with van der Waals surface area (Å²) in [4.78, 5) is 0. The van der Waals surface area contributed by atoms with E-state index in [0.29, 0.717) is 6.42 Å². The largest absolute Gasteiger partial charge is 0.366 e. The molecule has 0 bridgehead atoms. The van der Waals surface area contributed by atoms with E-state index in [1.165, 1.54) is 0 Å². The van der Waals surface area contributed by atoms with Gasteiger partial charge in [-0.1, -0.05) is 30.3 Å². The fourth-order valence-electron chi connectivity index (χ4n) is 1.01. The zero-order chi connectivity index (χ0) is 8.81. The molecular weight excluding hydrogens is 150 g/mol. The number of benzene rings is 1. The Morgan fingerprint density at radius 1 is 1.42 bits per heavy atom. The molecule has 0 unspecified atom stereocenters. The molecule has 1 aromatic carbocycles. The molecule has 62 valence electrons. The van der Waals surface area contributed by atoms with E-state index in [9.17, 15) is 0 Å². The van der Waals surface area contributed by atoms with Crippen LogP contribution in [0.3, 0.4) is 0 Å². The maximum atomic E-state index is 8.61. The van der Waals surface area contributed by atoms with Crippen LogP contribution in [0.1, 0.15) is 5.56 Å². The third-order valence-corrected chi connectivity index (χ3v) is 1.69. The summed E-state index contributed by atoms with van der Waals surface area (Å²) >= 11 is 0. The summed E-state index contributed by atoms with van der Waals surface area (Å²) in [5.41, 5.74) is 1.13. The van der Waals surface area contributed by atoms with Crippen molar-refractivity contribution in [3.63, 3.8) is 0 Å². The van der Waals surface area contributed by atoms with Gasteiger partial charge in [-0.2, -0.15) is 5.26 Å². The first-order valence-electron chi connectivity index (χ1n) is 3.83. The molecule has 0 heterocycles. The van der Waals surface area contributed by atoms with Crippen molar-refractivity contribution in [3.8, 4) is 6.07 Å². The summed E-state index contributed by atoms with van der Waals surface area (Å²) < 4.78 is 4.94. The van der Waals surface area contributed by atoms with Crippen molar-refractivity contribution in [1.29, 1.82) is 5.26 Å². The monoisotopic (exact) mass is 161 g/mol. The van der Waals surface area contributed by atoms with Gasteiger partial charge in [0.25, 0.3) is 0 Å². The van der Waals surface area contributed by atoms with E-state index in [2.05, 4.69) is 6.07 Å². The van der Waals surface area contributed by atoms with Crippen molar-refractivity contribution >= 4 is 0 Å². The summed E-state index contributed by atoms with van der Waals surface area (Å²) in [6, 6.07) is 11.9. The minimum atomic E-state index is -0.326. The first kappa shape index (κ1) is 8.76. The van der Waals surface area contributed by atoms with Crippen molar-refractivity contribution in [3.05, 3.63) is 35.9 Å². The molecule has 0 fully saturated rings. The van der Waals surface area contributed by atoms with E-state index < -0.39 is 0 Å². The SMILES string of the molecule is CO[C@H](C#N)Cc1ccccc1. The van der Waals surface area contributed by atoms with E-state index in [1.54, 1.807) is 7.11 Å². The Labute approximate surface area is 72.4 Å². The highest BCUT2D eigenvalue weighted by Crippen LogP contribution is 2.03. The van der Waals surface area contributed by atoms with Gasteiger partial charge >= 0.3 is 0 Å². The lowest BCUT2D eigenvalue weighted by Gasteiger charge is -2.05. The molecule has 0 spiro atoms. The molecule has 1 rings (SSSR count). The van der Waals surface area contributed by atoms with Gasteiger partial charge in [0.15, 0.2) is 0 Å². The van der Waals surface area contributed by atoms with Crippen LogP contribution in [-0.2, 0) is 11.2 Å². The van der Waals surface area contributed by atoms with Crippen LogP contribution in [0.2, 0.25) is 0 Å². The van der Waals surface area contributed by atoms with Crippen LogP contribution in [0.5, 0.6) is 0 Å². The summed E-state index contributed by atoms with van der Waals surface area (Å²) in [7, 11) is 1.55. The van der Waals surface area contributed by atoms with Gasteiger partial charge in [-0.25, -0.2) is 0 Å². The number of rotatable bonds is 3. The molecule has 2 heteroatoms. The molecule has 0 saturated carbocycles. The highest BCUT2D eigenvalue weighted by molar-refractivity contribution is 5.16. The lowest BCUT2D eigenvalue weighted by Crippen LogP contribution is -2.10. The van der Waals surface area contributed by atoms with Crippen LogP contribution in [0.15, 0.2) is 30.3 Å². The van der Waals surface area contributed by atoms with Gasteiger partial charge in [0.1, 0.15) is 6.10 Å². The number of hydrogen-bond donors (Lipinski definition) is 0. The number of methoxy groups -OCH3 is 1. The van der Waals surface area contributed by atoms with Crippen molar-refractivity contribution in [2.24, 2.45) is 0 Å². The summed E-state index contributed by atoms with van der Waals surface area (Å²) in [5.74, 6) is 0. The number of hydrogen-bond acceptors (Lipinski definition) is 2. The normalized spacial score (nSPS) is 12.0. The van der Waals surface area contributed by atoms with Crippen LogP contribution in [0, 0.1) is 11.3 Å². The maximum absolute atomic E-state index is 8.61. The Bertz CT molecular complexity index is 263. The predicted molar refractivity (Wildman–Crippen MR) is 46.6 cm³/mol. The van der Waals surface area contributed by atoms with Crippen molar-refractivity contribution in [1.82, 2.24) is 0 Å². The third kappa shape index (κ3) is 2.37. The van der Waals surface area contributed by atoms with Gasteiger partial charge in [-0.3, -0.25) is 0 Å². The lowest BCUT2D eigenvalue weighted by molar-refractivity contribution is 0.147. The summed E-state index contributed by atoms with van der Waals surface area (Å²) in [6.07, 6.45) is 0.334. The van der Waals surface area contributed by atoms with Gasteiger partial charge in [-0.15, -0.1) is 0 Å². The lowest BCUT2D eigenvalue weighted by atomic mass is 10.1. The smallest absolute Gasteiger partial charge is 0.147 e. The summed E-state index contributed by atoms with van der Waals surface area (Å²) in [5, 5.41) is 8.61. The Kier molecular flexibility index (Phi) is 3.31. The van der Waals surface area contributed by atoms with Gasteiger partial charge in [0.2, 0.25) is 0 Å². The summed E-state index contributed by atoms with van der Waals surface area (Å²) in [6.45, 7) is 0. The van der Waals surface area contributed by atoms with E-state index in [-0.39, 0.29) is 6.10 Å². The van der Waals surface area contributed by atoms with Gasteiger partial charge in [0.05, 0.1) is 6.07 Å². The Hall–Kier alpha value is -1.33. The van der Waals surface area contributed by atoms with Crippen LogP contribution >= 0.6 is 0 Å².